The van der Waals surface area contributed by atoms with E-state index in [1.165, 1.54) is 6.08 Å². The third-order valence-electron chi connectivity index (χ3n) is 5.89. The summed E-state index contributed by atoms with van der Waals surface area (Å²) in [6.45, 7) is 0.270. The molecule has 6 nitrogen and oxygen atoms in total. The number of carbonyl (C=O) groups is 3. The van der Waals surface area contributed by atoms with Crippen molar-refractivity contribution in [3.05, 3.63) is 129 Å². The number of anilines is 2. The van der Waals surface area contributed by atoms with Crippen LogP contribution in [0, 0.1) is 0 Å². The molecule has 0 spiro atoms. The highest BCUT2D eigenvalue weighted by molar-refractivity contribution is 9.10. The van der Waals surface area contributed by atoms with Crippen molar-refractivity contribution >= 4 is 67.2 Å². The number of imide groups is 2. The lowest BCUT2D eigenvalue weighted by atomic mass is 10.0. The van der Waals surface area contributed by atoms with Gasteiger partial charge < -0.3 is 4.74 Å². The van der Waals surface area contributed by atoms with Gasteiger partial charge in [0.05, 0.1) is 11.4 Å². The van der Waals surface area contributed by atoms with Gasteiger partial charge in [-0.05, 0) is 54.6 Å². The highest BCUT2D eigenvalue weighted by Gasteiger charge is 2.43. The van der Waals surface area contributed by atoms with Gasteiger partial charge >= 0.3 is 6.03 Å². The fourth-order valence-electron chi connectivity index (χ4n) is 4.03. The SMILES string of the molecule is O=C1C(=Cc2cc(Br)ccc2OCc2ccccc2Br)C(=O)N(c2ccccc2)C(=O)N1c1ccccc1. The van der Waals surface area contributed by atoms with Gasteiger partial charge in [-0.1, -0.05) is 86.5 Å². The molecule has 0 unspecified atom stereocenters. The highest BCUT2D eigenvalue weighted by atomic mass is 79.9. The molecule has 1 fully saturated rings. The van der Waals surface area contributed by atoms with Crippen molar-refractivity contribution in [1.82, 2.24) is 0 Å². The highest BCUT2D eigenvalue weighted by Crippen LogP contribution is 2.32. The molecular formula is C30H20Br2N2O4. The standard InChI is InChI=1S/C30H20Br2N2O4/c31-22-15-16-27(38-19-20-9-7-8-14-26(20)32)21(17-22)18-25-28(35)33(23-10-3-1-4-11-23)30(37)34(29(25)36)24-12-5-2-6-13-24/h1-18H,19H2. The van der Waals surface area contributed by atoms with Crippen LogP contribution in [0.4, 0.5) is 16.2 Å². The molecular weight excluding hydrogens is 612 g/mol. The molecule has 0 atom stereocenters. The van der Waals surface area contributed by atoms with Crippen LogP contribution in [0.5, 0.6) is 5.75 Å². The summed E-state index contributed by atoms with van der Waals surface area (Å²) in [4.78, 5) is 42.9. The first-order valence-corrected chi connectivity index (χ1v) is 13.2. The first kappa shape index (κ1) is 25.6. The molecule has 4 aromatic carbocycles. The van der Waals surface area contributed by atoms with Crippen molar-refractivity contribution in [2.24, 2.45) is 0 Å². The van der Waals surface area contributed by atoms with Crippen LogP contribution < -0.4 is 14.5 Å². The Kier molecular flexibility index (Phi) is 7.53. The fourth-order valence-corrected chi connectivity index (χ4v) is 4.81. The van der Waals surface area contributed by atoms with Gasteiger partial charge in [-0.15, -0.1) is 0 Å². The van der Waals surface area contributed by atoms with E-state index in [4.69, 9.17) is 4.74 Å². The number of urea groups is 1. The minimum Gasteiger partial charge on any atom is -0.488 e. The molecule has 38 heavy (non-hydrogen) atoms. The summed E-state index contributed by atoms with van der Waals surface area (Å²) in [6.07, 6.45) is 1.48. The smallest absolute Gasteiger partial charge is 0.343 e. The van der Waals surface area contributed by atoms with E-state index in [2.05, 4.69) is 31.9 Å². The Labute approximate surface area is 236 Å². The zero-order valence-electron chi connectivity index (χ0n) is 19.9. The summed E-state index contributed by atoms with van der Waals surface area (Å²) in [5.41, 5.74) is 2.01. The summed E-state index contributed by atoms with van der Waals surface area (Å²) >= 11 is 7.00. The normalized spacial score (nSPS) is 13.6. The number of rotatable bonds is 6. The summed E-state index contributed by atoms with van der Waals surface area (Å²) in [5, 5.41) is 0. The van der Waals surface area contributed by atoms with Crippen molar-refractivity contribution in [3.8, 4) is 5.75 Å². The Hall–Kier alpha value is -4.01. The second-order valence-corrected chi connectivity index (χ2v) is 10.1. The predicted molar refractivity (Wildman–Crippen MR) is 154 cm³/mol. The first-order chi connectivity index (χ1) is 18.4. The Morgan fingerprint density at radius 1 is 0.684 bits per heavy atom. The van der Waals surface area contributed by atoms with Crippen molar-refractivity contribution in [1.29, 1.82) is 0 Å². The lowest BCUT2D eigenvalue weighted by molar-refractivity contribution is -0.121. The van der Waals surface area contributed by atoms with Crippen LogP contribution in [-0.4, -0.2) is 17.8 Å². The van der Waals surface area contributed by atoms with E-state index in [-0.39, 0.29) is 12.2 Å². The molecule has 0 aromatic heterocycles. The largest absolute Gasteiger partial charge is 0.488 e. The zero-order valence-corrected chi connectivity index (χ0v) is 23.1. The Bertz CT molecular complexity index is 1490. The molecule has 4 aromatic rings. The number of benzene rings is 4. The van der Waals surface area contributed by atoms with Crippen LogP contribution in [0.2, 0.25) is 0 Å². The van der Waals surface area contributed by atoms with Crippen molar-refractivity contribution in [2.75, 3.05) is 9.80 Å². The number of hydrogen-bond acceptors (Lipinski definition) is 4. The van der Waals surface area contributed by atoms with E-state index >= 15 is 0 Å². The summed E-state index contributed by atoms with van der Waals surface area (Å²) in [7, 11) is 0. The molecule has 1 saturated heterocycles. The lowest BCUT2D eigenvalue weighted by Crippen LogP contribution is -2.57. The average molecular weight is 632 g/mol. The van der Waals surface area contributed by atoms with Gasteiger partial charge in [0.2, 0.25) is 0 Å². The van der Waals surface area contributed by atoms with Gasteiger partial charge in [-0.25, -0.2) is 14.6 Å². The number of carbonyl (C=O) groups excluding carboxylic acids is 3. The molecule has 0 bridgehead atoms. The van der Waals surface area contributed by atoms with Crippen LogP contribution >= 0.6 is 31.9 Å². The van der Waals surface area contributed by atoms with Crippen molar-refractivity contribution in [3.63, 3.8) is 0 Å². The van der Waals surface area contributed by atoms with Crippen LogP contribution in [0.15, 0.2) is 118 Å². The number of ether oxygens (including phenoxy) is 1. The van der Waals surface area contributed by atoms with E-state index in [9.17, 15) is 14.4 Å². The third-order valence-corrected chi connectivity index (χ3v) is 7.16. The summed E-state index contributed by atoms with van der Waals surface area (Å²) < 4.78 is 7.75. The summed E-state index contributed by atoms with van der Waals surface area (Å²) in [6, 6.07) is 29.4. The second-order valence-electron chi connectivity index (χ2n) is 8.36. The molecule has 5 rings (SSSR count). The number of halogens is 2. The molecule has 0 radical (unpaired) electrons. The third kappa shape index (κ3) is 5.18. The predicted octanol–water partition coefficient (Wildman–Crippen LogP) is 7.37. The monoisotopic (exact) mass is 630 g/mol. The maximum atomic E-state index is 13.7. The molecule has 0 saturated carbocycles. The maximum Gasteiger partial charge on any atom is 0.343 e. The van der Waals surface area contributed by atoms with E-state index in [0.29, 0.717) is 22.7 Å². The number of amides is 4. The zero-order chi connectivity index (χ0) is 26.6. The molecule has 1 aliphatic rings. The second kappa shape index (κ2) is 11.2. The number of barbiturate groups is 1. The minimum absolute atomic E-state index is 0.166. The van der Waals surface area contributed by atoms with Crippen molar-refractivity contribution < 1.29 is 19.1 Å². The van der Waals surface area contributed by atoms with E-state index in [0.717, 1.165) is 24.3 Å². The molecule has 0 N–H and O–H groups in total. The fraction of sp³-hybridized carbons (Fsp3) is 0.0333. The molecule has 188 valence electrons. The molecule has 4 amide bonds. The number of para-hydroxylation sites is 2. The van der Waals surface area contributed by atoms with Crippen LogP contribution in [-0.2, 0) is 16.2 Å². The van der Waals surface area contributed by atoms with Crippen molar-refractivity contribution in [2.45, 2.75) is 6.61 Å². The Morgan fingerprint density at radius 3 is 1.82 bits per heavy atom. The van der Waals surface area contributed by atoms with E-state index < -0.39 is 17.8 Å². The van der Waals surface area contributed by atoms with E-state index in [1.807, 2.05) is 30.3 Å². The number of nitrogens with zero attached hydrogens (tertiary/aromatic N) is 2. The molecule has 1 aliphatic heterocycles. The summed E-state index contributed by atoms with van der Waals surface area (Å²) in [5.74, 6) is -0.948. The van der Waals surface area contributed by atoms with Gasteiger partial charge in [0.15, 0.2) is 0 Å². The van der Waals surface area contributed by atoms with Gasteiger partial charge in [-0.2, -0.15) is 0 Å². The van der Waals surface area contributed by atoms with Crippen LogP contribution in [0.1, 0.15) is 11.1 Å². The first-order valence-electron chi connectivity index (χ1n) is 11.6. The van der Waals surface area contributed by atoms with Gasteiger partial charge in [-0.3, -0.25) is 9.59 Å². The van der Waals surface area contributed by atoms with Crippen LogP contribution in [0.3, 0.4) is 0 Å². The van der Waals surface area contributed by atoms with Gasteiger partial charge in [0.1, 0.15) is 17.9 Å². The number of hydrogen-bond donors (Lipinski definition) is 0. The molecule has 8 heteroatoms. The Morgan fingerprint density at radius 2 is 1.24 bits per heavy atom. The maximum absolute atomic E-state index is 13.7. The quantitative estimate of drug-likeness (QED) is 0.165. The Balaban J connectivity index is 1.59. The lowest BCUT2D eigenvalue weighted by Gasteiger charge is -2.34. The molecule has 0 aliphatic carbocycles. The van der Waals surface area contributed by atoms with Crippen LogP contribution in [0.25, 0.3) is 6.08 Å². The average Bonchev–Trinajstić information content (AvgIpc) is 2.93. The van der Waals surface area contributed by atoms with E-state index in [1.54, 1.807) is 72.8 Å². The molecule has 1 heterocycles. The minimum atomic E-state index is -0.741. The topological polar surface area (TPSA) is 66.9 Å². The van der Waals surface area contributed by atoms with Gasteiger partial charge in [0.25, 0.3) is 11.8 Å². The van der Waals surface area contributed by atoms with Gasteiger partial charge in [0, 0.05) is 20.1 Å².